The summed E-state index contributed by atoms with van der Waals surface area (Å²) in [5, 5.41) is 35.5. The van der Waals surface area contributed by atoms with Crippen molar-refractivity contribution < 1.29 is 180 Å². The van der Waals surface area contributed by atoms with Crippen LogP contribution in [0.15, 0.2) is 153 Å². The third-order valence-corrected chi connectivity index (χ3v) is 17.8. The van der Waals surface area contributed by atoms with E-state index < -0.39 is 60.7 Å². The Labute approximate surface area is 811 Å². The number of halogens is 5. The van der Waals surface area contributed by atoms with Crippen molar-refractivity contribution in [3.8, 4) is 35.7 Å². The van der Waals surface area contributed by atoms with E-state index >= 15 is 0 Å². The maximum atomic E-state index is 11.2. The standard InChI is InChI=1S/C18H15P.C11H14N2O4.C8H8N2O4.C7H9IN2O2.C7H10N2O2.C5H4Cl2N2.C5H6N2O2.C4H4INO2.C4H6O2.3C2H4O2.CH3F.CH4.CH3.K.H2O.Pd/c1-4-10-16(11-5-1)19(17-12-6-2-7-13-17)18-14-8-3-9-15-18;1-7-8(5-6-9(14)15-2)10(16-3)13-11(12-7)17-4;1-4-5(2-3-6(11)12)7(13)10-8(14)9-4;1-4-5(8)6(11-2)10-7(9-4)12-3;1-5-4-6(10-2)9-7(8-5)11-3;1-3-2-4(6)9-5(7)8-3;1-3-2-4(8)7-5(9)6-3;5-6-3(7)1-2-4(6)8;1-3-4(5)6-2;3*1-2(3)4;1-2;;;;;/h1-15H;5-6H,1-4H3;2-3H,1H3,(H,11,12)(H2,9,10,13,14);1-3H3;4H,1-3H3;2H,1H3;2H,1H3,(H2,6,7,8,9);1-2H2;3H,1H2,2H3;3*1H3,(H,3,4);1H3;1H4;1H3;;1H2;/q;;;;;;;;;;;;;;-1;+1;;/b;6-5+;3-2+;;;;;;;;;;;;;;;/i;;;;;;;;;;;;;1D;;;;. The largest absolute Gasteiger partial charge is 1.00 e. The minimum atomic E-state index is -1.16. The molecule has 1 aliphatic rings. The molecule has 1 saturated heterocycles. The number of aromatic amines is 4. The smallest absolute Gasteiger partial charge is 0.870 e. The molecule has 124 heavy (non-hydrogen) atoms. The number of H-pyrrole nitrogens is 4. The minimum Gasteiger partial charge on any atom is -0.870 e. The van der Waals surface area contributed by atoms with E-state index in [1.165, 1.54) is 85.0 Å². The Kier molecular flexibility index (Phi) is 77.4. The van der Waals surface area contributed by atoms with Gasteiger partial charge in [0, 0.05) is 109 Å². The predicted octanol–water partition coefficient (Wildman–Crippen LogP) is 6.91. The zero-order valence-corrected chi connectivity index (χ0v) is 83.0. The van der Waals surface area contributed by atoms with E-state index in [1.54, 1.807) is 76.1 Å². The van der Waals surface area contributed by atoms with Crippen molar-refractivity contribution in [1.82, 2.24) is 62.9 Å². The monoisotopic (exact) mass is 2140 g/mol. The van der Waals surface area contributed by atoms with Crippen LogP contribution in [0.3, 0.4) is 0 Å². The molecule has 9 aromatic rings. The molecule has 1 fully saturated rings. The molecular weight excluding hydrogens is 2040 g/mol. The Hall–Kier alpha value is -10.0. The van der Waals surface area contributed by atoms with Crippen LogP contribution in [0.25, 0.3) is 12.2 Å². The number of aromatic nitrogens is 12. The maximum Gasteiger partial charge on any atom is 1.00 e. The van der Waals surface area contributed by atoms with Crippen molar-refractivity contribution in [2.24, 2.45) is 0 Å². The first-order chi connectivity index (χ1) is 57.1. The third-order valence-electron chi connectivity index (χ3n) is 12.4. The average molecular weight is 2140 g/mol. The number of nitrogens with one attached hydrogen (secondary N) is 4. The Morgan fingerprint density at radius 3 is 1.27 bits per heavy atom. The number of hydrogen-bond donors (Lipinski definition) is 8. The third kappa shape index (κ3) is 60.5. The summed E-state index contributed by atoms with van der Waals surface area (Å²) < 4.78 is 55.6. The first-order valence-electron chi connectivity index (χ1n) is 34.3. The van der Waals surface area contributed by atoms with Crippen LogP contribution in [0.5, 0.6) is 35.7 Å². The van der Waals surface area contributed by atoms with E-state index in [4.69, 9.17) is 87.8 Å². The zero-order chi connectivity index (χ0) is 93.4. The second-order valence-corrected chi connectivity index (χ2v) is 26.8. The van der Waals surface area contributed by atoms with E-state index in [-0.39, 0.29) is 119 Å². The molecule has 3 aromatic carbocycles. The number of aryl methyl sites for hydroxylation is 6. The Balaban J connectivity index is -0.000000203. The molecule has 0 unspecified atom stereocenters. The number of alkyl halides is 1. The number of benzene rings is 3. The molecule has 0 saturated carbocycles. The van der Waals surface area contributed by atoms with E-state index in [0.717, 1.165) is 62.8 Å². The fraction of sp³-hybridized carbons (Fsp3) is 0.269. The summed E-state index contributed by atoms with van der Waals surface area (Å²) in [4.78, 5) is 162. The average Bonchev–Trinajstić information content (AvgIpc) is 1.26. The number of amides is 2. The summed E-state index contributed by atoms with van der Waals surface area (Å²) in [6, 6.07) is 38.1. The zero-order valence-electron chi connectivity index (χ0n) is 72.5. The van der Waals surface area contributed by atoms with Crippen LogP contribution in [0.1, 0.15) is 87.7 Å². The molecule has 6 aromatic heterocycles. The number of imide groups is 1. The van der Waals surface area contributed by atoms with Gasteiger partial charge in [0.25, 0.3) is 29.0 Å². The van der Waals surface area contributed by atoms with Gasteiger partial charge in [-0.05, 0) is 130 Å². The molecule has 9 N–H and O–H groups in total. The van der Waals surface area contributed by atoms with Gasteiger partial charge in [-0.1, -0.05) is 80.2 Å². The van der Waals surface area contributed by atoms with Crippen molar-refractivity contribution in [2.75, 3.05) is 64.1 Å². The van der Waals surface area contributed by atoms with Gasteiger partial charge in [-0.2, -0.15) is 24.9 Å². The Morgan fingerprint density at radius 2 is 0.935 bits per heavy atom. The van der Waals surface area contributed by atoms with E-state index in [2.05, 4.69) is 179 Å². The molecule has 0 aliphatic carbocycles. The second kappa shape index (κ2) is 75.5. The van der Waals surface area contributed by atoms with Crippen molar-refractivity contribution >= 4 is 152 Å². The van der Waals surface area contributed by atoms with Crippen molar-refractivity contribution in [3.63, 3.8) is 0 Å². The van der Waals surface area contributed by atoms with Gasteiger partial charge in [0.15, 0.2) is 0 Å². The number of carboxylic acids is 4. The molecule has 38 nitrogen and oxygen atoms in total. The summed E-state index contributed by atoms with van der Waals surface area (Å²) in [5.41, 5.74) is 2.72. The topological polar surface area (TPSA) is 559 Å². The molecule has 0 bridgehead atoms. The van der Waals surface area contributed by atoms with Crippen LogP contribution >= 0.6 is 76.6 Å². The van der Waals surface area contributed by atoms with E-state index in [9.17, 15) is 47.5 Å². The number of carboxylic acid groups (broad SMARTS) is 4. The van der Waals surface area contributed by atoms with Crippen molar-refractivity contribution in [3.05, 3.63) is 242 Å². The fourth-order valence-electron chi connectivity index (χ4n) is 7.63. The van der Waals surface area contributed by atoms with Gasteiger partial charge in [0.05, 0.1) is 121 Å². The molecule has 0 radical (unpaired) electrons. The number of esters is 2. The Bertz CT molecular complexity index is 4760. The number of nitrogens with zero attached hydrogens (tertiary/aromatic N) is 9. The summed E-state index contributed by atoms with van der Waals surface area (Å²) in [5.74, 6) is -3.23. The van der Waals surface area contributed by atoms with Crippen LogP contribution in [0.4, 0.5) is 4.39 Å². The minimum absolute atomic E-state index is 0. The molecular formula is C78H100Cl2FI2KN13O25PPd. The number of ether oxygens (including phenoxy) is 8. The first-order valence-corrected chi connectivity index (χ1v) is 37.6. The van der Waals surface area contributed by atoms with Gasteiger partial charge in [-0.15, -0.1) is 0 Å². The van der Waals surface area contributed by atoms with E-state index in [0.29, 0.717) is 77.5 Å². The molecule has 1 aliphatic heterocycles. The number of rotatable bonds is 14. The summed E-state index contributed by atoms with van der Waals surface area (Å²) >= 11 is 14.8. The van der Waals surface area contributed by atoms with Crippen molar-refractivity contribution in [2.45, 2.75) is 82.6 Å². The van der Waals surface area contributed by atoms with Crippen molar-refractivity contribution in [1.29, 1.82) is 0 Å². The number of carbonyl (C=O) groups excluding carboxylic acids is 4. The van der Waals surface area contributed by atoms with Gasteiger partial charge in [-0.25, -0.2) is 42.0 Å². The summed E-state index contributed by atoms with van der Waals surface area (Å²) in [6.45, 7) is 16.9. The number of methoxy groups -OCH3 is 8. The molecule has 10 rings (SSSR count). The van der Waals surface area contributed by atoms with Crippen LogP contribution in [-0.4, -0.2) is 201 Å². The molecule has 0 atom stereocenters. The second-order valence-electron chi connectivity index (χ2n) is 21.5. The van der Waals surface area contributed by atoms with Gasteiger partial charge >= 0.3 is 98.7 Å². The van der Waals surface area contributed by atoms with Crippen LogP contribution in [0.2, 0.25) is 10.4 Å². The summed E-state index contributed by atoms with van der Waals surface area (Å²) in [6.07, 6.45) is 6.67. The normalized spacial score (nSPS) is 9.75. The maximum absolute atomic E-state index is 11.2. The number of hydrogen-bond acceptors (Lipinski definition) is 29. The molecule has 2 amide bonds. The predicted molar refractivity (Wildman–Crippen MR) is 478 cm³/mol. The van der Waals surface area contributed by atoms with Gasteiger partial charge in [0.1, 0.15) is 21.1 Å². The molecule has 678 valence electrons. The molecule has 7 heterocycles. The van der Waals surface area contributed by atoms with Gasteiger partial charge in [0.2, 0.25) is 34.7 Å². The van der Waals surface area contributed by atoms with Crippen LogP contribution in [0, 0.1) is 52.5 Å². The van der Waals surface area contributed by atoms with Crippen LogP contribution < -0.4 is 118 Å². The Morgan fingerprint density at radius 1 is 0.540 bits per heavy atom. The quantitative estimate of drug-likeness (QED) is 0.00523. The van der Waals surface area contributed by atoms with Gasteiger partial charge < -0.3 is 81.2 Å². The summed E-state index contributed by atoms with van der Waals surface area (Å²) in [7, 11) is 12.6. The molecule has 46 heteroatoms. The first kappa shape index (κ1) is 127. The fourth-order valence-corrected chi connectivity index (χ4v) is 11.7. The number of aliphatic carboxylic acids is 4. The molecule has 0 spiro atoms. The van der Waals surface area contributed by atoms with Crippen LogP contribution in [-0.2, 0) is 68.3 Å². The SMILES string of the molecule is C=CC(=O)OC.CC(=O)O.CC(=O)O.CC(=O)O.CF.COC(=O)/C=C/c1c(C)nc(OC)nc1OC.COc1cc(C)nc(OC)n1.COc1nc(C)c(I)c(OC)n1.Cc1[nH]c(=O)[nH]c(=O)c1/C=C/C(=O)O.Cc1cc(=O)[nH]c(=O)[nH]1.Cc1cc(Cl)nc(Cl)n1.O=C1CCC(=O)N1I.[2H]C.[CH3-].[K+].[OH-].[Pd].c1ccc([PH+](c2ccccc2)c2ccccc2)cc1. The van der Waals surface area contributed by atoms with Gasteiger partial charge in [-0.3, -0.25) is 47.9 Å². The van der Waals surface area contributed by atoms with E-state index in [1.807, 2.05) is 23.8 Å². The number of carbonyl (C=O) groups is 8.